The summed E-state index contributed by atoms with van der Waals surface area (Å²) in [7, 11) is 0. The van der Waals surface area contributed by atoms with Crippen LogP contribution < -0.4 is 0 Å². The minimum absolute atomic E-state index is 0.178. The molecule has 0 aromatic heterocycles. The number of aliphatic carboxylic acids is 1. The van der Waals surface area contributed by atoms with Gasteiger partial charge in [-0.05, 0) is 19.4 Å². The number of aliphatic hydroxyl groups is 1. The van der Waals surface area contributed by atoms with Gasteiger partial charge in [0.2, 0.25) is 0 Å². The van der Waals surface area contributed by atoms with Gasteiger partial charge in [-0.3, -0.25) is 4.90 Å². The van der Waals surface area contributed by atoms with Gasteiger partial charge in [0.1, 0.15) is 0 Å². The minimum Gasteiger partial charge on any atom is -0.479 e. The summed E-state index contributed by atoms with van der Waals surface area (Å²) in [6.07, 6.45) is 0. The molecule has 4 nitrogen and oxygen atoms in total. The van der Waals surface area contributed by atoms with Gasteiger partial charge in [0, 0.05) is 13.1 Å². The van der Waals surface area contributed by atoms with Crippen LogP contribution in [-0.2, 0) is 4.79 Å². The quantitative estimate of drug-likeness (QED) is 0.670. The van der Waals surface area contributed by atoms with Gasteiger partial charge in [0.25, 0.3) is 0 Å². The monoisotopic (exact) mass is 203 g/mol. The maximum absolute atomic E-state index is 10.7. The van der Waals surface area contributed by atoms with E-state index in [2.05, 4.69) is 13.8 Å². The number of carbonyl (C=O) groups is 1. The number of hydrogen-bond donors (Lipinski definition) is 2. The lowest BCUT2D eigenvalue weighted by molar-refractivity contribution is -0.158. The first-order chi connectivity index (χ1) is 6.29. The summed E-state index contributed by atoms with van der Waals surface area (Å²) in [6, 6.07) is 0. The van der Waals surface area contributed by atoms with Crippen molar-refractivity contribution in [1.29, 1.82) is 0 Å². The molecule has 0 aromatic rings. The third kappa shape index (κ3) is 4.58. The highest BCUT2D eigenvalue weighted by Crippen LogP contribution is 2.08. The Morgan fingerprint density at radius 2 is 2.00 bits per heavy atom. The molecule has 0 aliphatic rings. The van der Waals surface area contributed by atoms with E-state index in [-0.39, 0.29) is 6.54 Å². The molecule has 0 aliphatic heterocycles. The second-order valence-electron chi connectivity index (χ2n) is 4.30. The molecule has 0 bridgehead atoms. The average molecular weight is 203 g/mol. The predicted molar refractivity (Wildman–Crippen MR) is 55.2 cm³/mol. The zero-order valence-corrected chi connectivity index (χ0v) is 9.45. The van der Waals surface area contributed by atoms with E-state index >= 15 is 0 Å². The molecule has 2 N–H and O–H groups in total. The third-order valence-corrected chi connectivity index (χ3v) is 2.06. The largest absolute Gasteiger partial charge is 0.479 e. The van der Waals surface area contributed by atoms with Crippen LogP contribution in [0.15, 0.2) is 0 Å². The molecule has 0 rings (SSSR count). The Balaban J connectivity index is 4.23. The van der Waals surface area contributed by atoms with E-state index in [1.54, 1.807) is 0 Å². The van der Waals surface area contributed by atoms with E-state index in [0.29, 0.717) is 5.92 Å². The van der Waals surface area contributed by atoms with E-state index in [1.807, 2.05) is 11.8 Å². The Hall–Kier alpha value is -0.610. The first kappa shape index (κ1) is 13.4. The van der Waals surface area contributed by atoms with E-state index in [4.69, 9.17) is 5.11 Å². The van der Waals surface area contributed by atoms with Crippen molar-refractivity contribution in [3.05, 3.63) is 0 Å². The van der Waals surface area contributed by atoms with Gasteiger partial charge in [0.15, 0.2) is 5.60 Å². The Morgan fingerprint density at radius 3 is 2.29 bits per heavy atom. The van der Waals surface area contributed by atoms with Crippen LogP contribution in [0, 0.1) is 5.92 Å². The lowest BCUT2D eigenvalue weighted by atomic mass is 10.1. The van der Waals surface area contributed by atoms with Crippen LogP contribution in [0.3, 0.4) is 0 Å². The average Bonchev–Trinajstić information content (AvgIpc) is 2.01. The molecule has 0 fully saturated rings. The standard InChI is InChI=1S/C10H21NO3/c1-5-11(6-8(2)3)7-10(4,14)9(12)13/h8,14H,5-7H2,1-4H3,(H,12,13). The van der Waals surface area contributed by atoms with Crippen molar-refractivity contribution in [2.75, 3.05) is 19.6 Å². The Morgan fingerprint density at radius 1 is 1.50 bits per heavy atom. The van der Waals surface area contributed by atoms with Crippen molar-refractivity contribution in [3.63, 3.8) is 0 Å². The summed E-state index contributed by atoms with van der Waals surface area (Å²) in [6.45, 7) is 9.16. The second kappa shape index (κ2) is 5.32. The fourth-order valence-corrected chi connectivity index (χ4v) is 1.32. The van der Waals surface area contributed by atoms with Crippen LogP contribution in [0.2, 0.25) is 0 Å². The molecule has 0 amide bonds. The second-order valence-corrected chi connectivity index (χ2v) is 4.30. The first-order valence-corrected chi connectivity index (χ1v) is 4.97. The highest BCUT2D eigenvalue weighted by Gasteiger charge is 2.31. The van der Waals surface area contributed by atoms with E-state index in [0.717, 1.165) is 13.1 Å². The first-order valence-electron chi connectivity index (χ1n) is 4.97. The molecule has 0 spiro atoms. The predicted octanol–water partition coefficient (Wildman–Crippen LogP) is 0.800. The topological polar surface area (TPSA) is 60.8 Å². The van der Waals surface area contributed by atoms with Gasteiger partial charge >= 0.3 is 5.97 Å². The van der Waals surface area contributed by atoms with Gasteiger partial charge in [-0.1, -0.05) is 20.8 Å². The normalized spacial score (nSPS) is 15.9. The highest BCUT2D eigenvalue weighted by molar-refractivity contribution is 5.76. The summed E-state index contributed by atoms with van der Waals surface area (Å²) < 4.78 is 0. The molecule has 0 heterocycles. The molecule has 84 valence electrons. The molecule has 0 aromatic carbocycles. The summed E-state index contributed by atoms with van der Waals surface area (Å²) in [5.41, 5.74) is -1.65. The molecule has 0 aliphatic carbocycles. The maximum atomic E-state index is 10.7. The van der Waals surface area contributed by atoms with Gasteiger partial charge in [-0.25, -0.2) is 4.79 Å². The van der Waals surface area contributed by atoms with Crippen molar-refractivity contribution in [1.82, 2.24) is 4.90 Å². The van der Waals surface area contributed by atoms with Gasteiger partial charge in [0.05, 0.1) is 0 Å². The number of carboxylic acid groups (broad SMARTS) is 1. The maximum Gasteiger partial charge on any atom is 0.336 e. The molecule has 0 saturated carbocycles. The highest BCUT2D eigenvalue weighted by atomic mass is 16.4. The molecule has 14 heavy (non-hydrogen) atoms. The van der Waals surface area contributed by atoms with Gasteiger partial charge in [-0.15, -0.1) is 0 Å². The van der Waals surface area contributed by atoms with Crippen molar-refractivity contribution in [3.8, 4) is 0 Å². The van der Waals surface area contributed by atoms with Crippen molar-refractivity contribution in [2.24, 2.45) is 5.92 Å². The van der Waals surface area contributed by atoms with Gasteiger partial charge < -0.3 is 10.2 Å². The number of rotatable bonds is 6. The molecule has 1 unspecified atom stereocenters. The third-order valence-electron chi connectivity index (χ3n) is 2.06. The molecule has 0 saturated heterocycles. The van der Waals surface area contributed by atoms with Crippen LogP contribution in [0.4, 0.5) is 0 Å². The van der Waals surface area contributed by atoms with Crippen LogP contribution in [0.25, 0.3) is 0 Å². The smallest absolute Gasteiger partial charge is 0.336 e. The zero-order valence-electron chi connectivity index (χ0n) is 9.45. The summed E-state index contributed by atoms with van der Waals surface area (Å²) in [5, 5.41) is 18.3. The number of hydrogen-bond acceptors (Lipinski definition) is 3. The summed E-state index contributed by atoms with van der Waals surface area (Å²) in [4.78, 5) is 12.6. The van der Waals surface area contributed by atoms with E-state index in [9.17, 15) is 9.90 Å². The van der Waals surface area contributed by atoms with Crippen molar-refractivity contribution < 1.29 is 15.0 Å². The Labute approximate surface area is 85.5 Å². The van der Waals surface area contributed by atoms with Crippen LogP contribution in [0.1, 0.15) is 27.7 Å². The Kier molecular flexibility index (Phi) is 5.08. The summed E-state index contributed by atoms with van der Waals surface area (Å²) >= 11 is 0. The molecular weight excluding hydrogens is 182 g/mol. The molecule has 1 atom stereocenters. The van der Waals surface area contributed by atoms with E-state index < -0.39 is 11.6 Å². The lowest BCUT2D eigenvalue weighted by Crippen LogP contribution is -2.47. The van der Waals surface area contributed by atoms with Crippen molar-refractivity contribution >= 4 is 5.97 Å². The minimum atomic E-state index is -1.65. The SMILES string of the molecule is CCN(CC(C)C)CC(C)(O)C(=O)O. The van der Waals surface area contributed by atoms with Crippen LogP contribution in [-0.4, -0.2) is 46.3 Å². The van der Waals surface area contributed by atoms with Crippen LogP contribution in [0.5, 0.6) is 0 Å². The number of nitrogens with zero attached hydrogens (tertiary/aromatic N) is 1. The van der Waals surface area contributed by atoms with Gasteiger partial charge in [-0.2, -0.15) is 0 Å². The number of likely N-dealkylation sites (N-methyl/N-ethyl adjacent to an activating group) is 1. The number of carboxylic acids is 1. The molecule has 4 heteroatoms. The fourth-order valence-electron chi connectivity index (χ4n) is 1.32. The zero-order chi connectivity index (χ0) is 11.4. The Bertz CT molecular complexity index is 190. The van der Waals surface area contributed by atoms with E-state index in [1.165, 1.54) is 6.92 Å². The lowest BCUT2D eigenvalue weighted by Gasteiger charge is -2.28. The molecule has 0 radical (unpaired) electrons. The molecular formula is C10H21NO3. The van der Waals surface area contributed by atoms with Crippen molar-refractivity contribution in [2.45, 2.75) is 33.3 Å². The summed E-state index contributed by atoms with van der Waals surface area (Å²) in [5.74, 6) is -0.695. The fraction of sp³-hybridized carbons (Fsp3) is 0.900. The van der Waals surface area contributed by atoms with Crippen LogP contribution >= 0.6 is 0 Å².